The maximum absolute atomic E-state index is 10.8. The Bertz CT molecular complexity index is 326. The lowest BCUT2D eigenvalue weighted by Gasteiger charge is -2.04. The molecule has 1 rings (SSSR count). The molecule has 0 aromatic heterocycles. The number of cyclic esters (lactones) is 1. The van der Waals surface area contributed by atoms with Gasteiger partial charge in [-0.3, -0.25) is 4.79 Å². The molecule has 6 nitrogen and oxygen atoms in total. The highest BCUT2D eigenvalue weighted by atomic mass is 16.6. The molecule has 0 radical (unpaired) electrons. The lowest BCUT2D eigenvalue weighted by molar-refractivity contribution is -0.157. The predicted octanol–water partition coefficient (Wildman–Crippen LogP) is -0.603. The van der Waals surface area contributed by atoms with Gasteiger partial charge in [-0.1, -0.05) is 0 Å². The molecular formula is C7H6O6. The first-order valence-corrected chi connectivity index (χ1v) is 3.33. The minimum atomic E-state index is -1.68. The van der Waals surface area contributed by atoms with Crippen LogP contribution in [0.5, 0.6) is 0 Å². The van der Waals surface area contributed by atoms with Crippen LogP contribution >= 0.6 is 0 Å². The predicted molar refractivity (Wildman–Crippen MR) is 37.9 cm³/mol. The molecule has 0 saturated carbocycles. The van der Waals surface area contributed by atoms with Crippen molar-refractivity contribution in [1.29, 1.82) is 0 Å². The zero-order valence-electron chi connectivity index (χ0n) is 6.60. The van der Waals surface area contributed by atoms with Gasteiger partial charge in [-0.15, -0.1) is 0 Å². The Balaban J connectivity index is 3.14. The molecule has 13 heavy (non-hydrogen) atoms. The average molecular weight is 186 g/mol. The van der Waals surface area contributed by atoms with Crippen LogP contribution in [-0.4, -0.2) is 34.0 Å². The minimum absolute atomic E-state index is 0.502. The van der Waals surface area contributed by atoms with Crippen molar-refractivity contribution in [3.63, 3.8) is 0 Å². The second kappa shape index (κ2) is 2.89. The van der Waals surface area contributed by atoms with Crippen molar-refractivity contribution in [3.05, 3.63) is 11.3 Å². The van der Waals surface area contributed by atoms with Gasteiger partial charge < -0.3 is 14.9 Å². The van der Waals surface area contributed by atoms with E-state index in [2.05, 4.69) is 4.74 Å². The average Bonchev–Trinajstić information content (AvgIpc) is 2.28. The normalized spacial score (nSPS) is 21.6. The van der Waals surface area contributed by atoms with E-state index in [0.29, 0.717) is 0 Å². The van der Waals surface area contributed by atoms with Gasteiger partial charge in [-0.25, -0.2) is 9.59 Å². The van der Waals surface area contributed by atoms with Gasteiger partial charge in [-0.2, -0.15) is 0 Å². The SMILES string of the molecule is CC(=O)C1=C(O)C(=O)OC1C(=O)O. The number of aliphatic hydroxyl groups is 1. The minimum Gasteiger partial charge on any atom is -0.501 e. The van der Waals surface area contributed by atoms with E-state index in [4.69, 9.17) is 10.2 Å². The first-order chi connectivity index (χ1) is 5.95. The summed E-state index contributed by atoms with van der Waals surface area (Å²) in [6.45, 7) is 1.05. The molecular weight excluding hydrogens is 180 g/mol. The van der Waals surface area contributed by atoms with E-state index in [9.17, 15) is 14.4 Å². The smallest absolute Gasteiger partial charge is 0.375 e. The molecule has 1 aliphatic rings. The number of carbonyl (C=O) groups excluding carboxylic acids is 2. The fourth-order valence-electron chi connectivity index (χ4n) is 0.981. The second-order valence-corrected chi connectivity index (χ2v) is 2.44. The monoisotopic (exact) mass is 186 g/mol. The molecule has 1 aliphatic heterocycles. The number of hydrogen-bond donors (Lipinski definition) is 2. The maximum atomic E-state index is 10.8. The van der Waals surface area contributed by atoms with Gasteiger partial charge in [0.05, 0.1) is 5.57 Å². The number of carboxylic acid groups (broad SMARTS) is 1. The fraction of sp³-hybridized carbons (Fsp3) is 0.286. The highest BCUT2D eigenvalue weighted by Crippen LogP contribution is 2.21. The molecule has 70 valence electrons. The number of hydrogen-bond acceptors (Lipinski definition) is 5. The van der Waals surface area contributed by atoms with Crippen LogP contribution in [0.1, 0.15) is 6.92 Å². The van der Waals surface area contributed by atoms with Crippen LogP contribution in [0, 0.1) is 0 Å². The lowest BCUT2D eigenvalue weighted by Crippen LogP contribution is -2.25. The molecule has 1 heterocycles. The number of ketones is 1. The Kier molecular flexibility index (Phi) is 2.05. The molecule has 0 aromatic carbocycles. The van der Waals surface area contributed by atoms with E-state index < -0.39 is 35.2 Å². The molecule has 0 bridgehead atoms. The summed E-state index contributed by atoms with van der Waals surface area (Å²) in [5.41, 5.74) is -0.502. The molecule has 6 heteroatoms. The first-order valence-electron chi connectivity index (χ1n) is 3.33. The molecule has 0 spiro atoms. The molecule has 1 unspecified atom stereocenters. The number of rotatable bonds is 2. The Hall–Kier alpha value is -1.85. The summed E-state index contributed by atoms with van der Waals surface area (Å²) in [6, 6.07) is 0. The number of aliphatic carboxylic acids is 1. The number of Topliss-reactive ketones (excluding diaryl/α,β-unsaturated/α-hetero) is 1. The Labute approximate surface area is 72.4 Å². The summed E-state index contributed by atoms with van der Waals surface area (Å²) in [4.78, 5) is 31.9. The van der Waals surface area contributed by atoms with Crippen molar-refractivity contribution in [2.75, 3.05) is 0 Å². The third-order valence-corrected chi connectivity index (χ3v) is 1.54. The van der Waals surface area contributed by atoms with E-state index in [1.165, 1.54) is 0 Å². The van der Waals surface area contributed by atoms with Crippen LogP contribution in [0.25, 0.3) is 0 Å². The molecule has 0 aliphatic carbocycles. The maximum Gasteiger partial charge on any atom is 0.375 e. The van der Waals surface area contributed by atoms with E-state index >= 15 is 0 Å². The summed E-state index contributed by atoms with van der Waals surface area (Å²) in [7, 11) is 0. The van der Waals surface area contributed by atoms with Crippen LogP contribution in [0.15, 0.2) is 11.3 Å². The van der Waals surface area contributed by atoms with Gasteiger partial charge in [0.2, 0.25) is 11.9 Å². The van der Waals surface area contributed by atoms with Gasteiger partial charge in [0.15, 0.2) is 5.78 Å². The van der Waals surface area contributed by atoms with Gasteiger partial charge in [0, 0.05) is 0 Å². The third-order valence-electron chi connectivity index (χ3n) is 1.54. The number of esters is 1. The standard InChI is InChI=1S/C7H6O6/c1-2(8)3-4(9)7(12)13-5(3)6(10)11/h5,9H,1H3,(H,10,11). The molecule has 0 aromatic rings. The number of ether oxygens (including phenoxy) is 1. The number of aliphatic hydroxyl groups excluding tert-OH is 1. The van der Waals surface area contributed by atoms with Crippen molar-refractivity contribution in [3.8, 4) is 0 Å². The van der Waals surface area contributed by atoms with Gasteiger partial charge in [-0.05, 0) is 6.92 Å². The van der Waals surface area contributed by atoms with Gasteiger partial charge in [0.25, 0.3) is 0 Å². The summed E-state index contributed by atoms with van der Waals surface area (Å²) in [6.07, 6.45) is -1.68. The largest absolute Gasteiger partial charge is 0.501 e. The first kappa shape index (κ1) is 9.24. The van der Waals surface area contributed by atoms with E-state index in [1.54, 1.807) is 0 Å². The molecule has 0 saturated heterocycles. The van der Waals surface area contributed by atoms with Crippen molar-refractivity contribution in [2.24, 2.45) is 0 Å². The topological polar surface area (TPSA) is 101 Å². The van der Waals surface area contributed by atoms with Crippen LogP contribution in [0.3, 0.4) is 0 Å². The summed E-state index contributed by atoms with van der Waals surface area (Å²) in [5, 5.41) is 17.5. The zero-order chi connectivity index (χ0) is 10.2. The van der Waals surface area contributed by atoms with Crippen LogP contribution < -0.4 is 0 Å². The van der Waals surface area contributed by atoms with E-state index in [0.717, 1.165) is 6.92 Å². The van der Waals surface area contributed by atoms with Gasteiger partial charge >= 0.3 is 11.9 Å². The number of carbonyl (C=O) groups is 3. The van der Waals surface area contributed by atoms with Crippen LogP contribution in [0.4, 0.5) is 0 Å². The Morgan fingerprint density at radius 1 is 1.46 bits per heavy atom. The van der Waals surface area contributed by atoms with Crippen LogP contribution in [0.2, 0.25) is 0 Å². The third kappa shape index (κ3) is 1.37. The van der Waals surface area contributed by atoms with Crippen molar-refractivity contribution < 1.29 is 29.3 Å². The summed E-state index contributed by atoms with van der Waals surface area (Å²) >= 11 is 0. The molecule has 2 N–H and O–H groups in total. The highest BCUT2D eigenvalue weighted by Gasteiger charge is 2.41. The van der Waals surface area contributed by atoms with E-state index in [1.807, 2.05) is 0 Å². The van der Waals surface area contributed by atoms with Crippen molar-refractivity contribution >= 4 is 17.7 Å². The van der Waals surface area contributed by atoms with Crippen molar-refractivity contribution in [2.45, 2.75) is 13.0 Å². The highest BCUT2D eigenvalue weighted by molar-refractivity contribution is 6.09. The van der Waals surface area contributed by atoms with Crippen LogP contribution in [-0.2, 0) is 19.1 Å². The molecule has 0 fully saturated rings. The quantitative estimate of drug-likeness (QED) is 0.558. The lowest BCUT2D eigenvalue weighted by atomic mass is 10.1. The van der Waals surface area contributed by atoms with E-state index in [-0.39, 0.29) is 0 Å². The molecule has 0 amide bonds. The van der Waals surface area contributed by atoms with Crippen molar-refractivity contribution in [1.82, 2.24) is 0 Å². The second-order valence-electron chi connectivity index (χ2n) is 2.44. The van der Waals surface area contributed by atoms with Gasteiger partial charge in [0.1, 0.15) is 0 Å². The Morgan fingerprint density at radius 2 is 2.00 bits per heavy atom. The molecule has 1 atom stereocenters. The Morgan fingerprint density at radius 3 is 2.31 bits per heavy atom. The summed E-state index contributed by atoms with van der Waals surface area (Å²) in [5.74, 6) is -4.28. The number of carboxylic acids is 1. The summed E-state index contributed by atoms with van der Waals surface area (Å²) < 4.78 is 4.23. The fourth-order valence-corrected chi connectivity index (χ4v) is 0.981. The zero-order valence-corrected chi connectivity index (χ0v) is 6.60.